The molecule has 1 aromatic carbocycles. The van der Waals surface area contributed by atoms with Crippen LogP contribution in [-0.4, -0.2) is 35.0 Å². The van der Waals surface area contributed by atoms with Gasteiger partial charge in [-0.25, -0.2) is 4.98 Å². The van der Waals surface area contributed by atoms with Crippen molar-refractivity contribution in [1.29, 1.82) is 0 Å². The van der Waals surface area contributed by atoms with Crippen molar-refractivity contribution < 1.29 is 9.53 Å². The number of halogens is 3. The first-order chi connectivity index (χ1) is 13.1. The molecule has 2 aliphatic rings. The van der Waals surface area contributed by atoms with E-state index in [4.69, 9.17) is 27.1 Å². The van der Waals surface area contributed by atoms with E-state index in [-0.39, 0.29) is 36.6 Å². The minimum Gasteiger partial charge on any atom is -0.381 e. The lowest BCUT2D eigenvalue weighted by atomic mass is 9.75. The summed E-state index contributed by atoms with van der Waals surface area (Å²) < 4.78 is 5.67. The summed E-state index contributed by atoms with van der Waals surface area (Å²) in [6.07, 6.45) is 2.23. The Kier molecular flexibility index (Phi) is 8.19. The number of pyridine rings is 1. The Balaban J connectivity index is 0.00000150. The predicted octanol–water partition coefficient (Wildman–Crippen LogP) is 4.12. The van der Waals surface area contributed by atoms with Crippen LogP contribution in [0, 0.1) is 5.92 Å². The van der Waals surface area contributed by atoms with Crippen LogP contribution in [0.3, 0.4) is 0 Å². The van der Waals surface area contributed by atoms with E-state index in [1.165, 1.54) is 6.20 Å². The molecule has 10 heteroatoms. The van der Waals surface area contributed by atoms with Crippen LogP contribution in [0.5, 0.6) is 0 Å². The predicted molar refractivity (Wildman–Crippen MR) is 123 cm³/mol. The zero-order chi connectivity index (χ0) is 18.9. The summed E-state index contributed by atoms with van der Waals surface area (Å²) in [6, 6.07) is 11.0. The van der Waals surface area contributed by atoms with Crippen molar-refractivity contribution in [1.82, 2.24) is 4.98 Å². The van der Waals surface area contributed by atoms with Gasteiger partial charge in [-0.15, -0.1) is 24.8 Å². The number of rotatable bonds is 3. The summed E-state index contributed by atoms with van der Waals surface area (Å²) in [5, 5.41) is 3.99. The van der Waals surface area contributed by atoms with E-state index in [1.54, 1.807) is 23.9 Å². The Morgan fingerprint density at radius 1 is 1.31 bits per heavy atom. The first kappa shape index (κ1) is 23.8. The number of carbonyl (C=O) groups is 1. The monoisotopic (exact) mass is 474 g/mol. The van der Waals surface area contributed by atoms with Gasteiger partial charge in [0.25, 0.3) is 5.91 Å². The highest BCUT2D eigenvalue weighted by Crippen LogP contribution is 2.45. The number of carbonyl (C=O) groups excluding carboxylic acids is 1. The van der Waals surface area contributed by atoms with Crippen LogP contribution in [0.4, 0.5) is 5.69 Å². The maximum atomic E-state index is 12.5. The fourth-order valence-corrected chi connectivity index (χ4v) is 4.64. The Morgan fingerprint density at radius 2 is 2.14 bits per heavy atom. The minimum atomic E-state index is -0.396. The number of fused-ring (bicyclic) bond motifs is 1. The number of nitrogens with zero attached hydrogens (tertiary/aromatic N) is 2. The van der Waals surface area contributed by atoms with E-state index in [0.29, 0.717) is 34.8 Å². The van der Waals surface area contributed by atoms with Gasteiger partial charge in [-0.05, 0) is 29.8 Å². The number of hydrogen-bond donors (Lipinski definition) is 2. The summed E-state index contributed by atoms with van der Waals surface area (Å²) in [4.78, 5) is 21.3. The number of nitrogens with one attached hydrogen (secondary N) is 1. The lowest BCUT2D eigenvalue weighted by Gasteiger charge is -2.44. The standard InChI is InChI=1S/C19H19ClN4O2S.2ClH/c20-14-4-5-16(22-9-14)17(25)23-15-3-1-2-12(8-15)19-6-7-26-10-13(19)11-27-18(21)24-19;;/h1-5,8-9,13H,6-7,10-11H2,(H2,21,24)(H,23,25);2*1H/t13?,19-;;/m0../s1. The van der Waals surface area contributed by atoms with Crippen molar-refractivity contribution in [3.8, 4) is 0 Å². The quantitative estimate of drug-likeness (QED) is 0.697. The highest BCUT2D eigenvalue weighted by atomic mass is 35.5. The van der Waals surface area contributed by atoms with E-state index in [9.17, 15) is 4.79 Å². The molecule has 3 heterocycles. The molecule has 3 N–H and O–H groups in total. The average molecular weight is 476 g/mol. The summed E-state index contributed by atoms with van der Waals surface area (Å²) in [5.41, 5.74) is 7.70. The number of amidine groups is 1. The molecular formula is C19H21Cl3N4O2S. The molecule has 0 aliphatic carbocycles. The number of nitrogens with two attached hydrogens (primary N) is 1. The first-order valence-corrected chi connectivity index (χ1v) is 10.0. The van der Waals surface area contributed by atoms with Crippen LogP contribution in [0.25, 0.3) is 0 Å². The second-order valence-electron chi connectivity index (χ2n) is 6.60. The van der Waals surface area contributed by atoms with E-state index in [0.717, 1.165) is 17.7 Å². The molecule has 4 rings (SSSR count). The van der Waals surface area contributed by atoms with Gasteiger partial charge in [0.15, 0.2) is 5.17 Å². The van der Waals surface area contributed by atoms with Crippen LogP contribution in [-0.2, 0) is 10.3 Å². The van der Waals surface area contributed by atoms with Gasteiger partial charge >= 0.3 is 0 Å². The van der Waals surface area contributed by atoms with Crippen molar-refractivity contribution in [2.45, 2.75) is 12.0 Å². The number of amides is 1. The number of thioether (sulfide) groups is 1. The van der Waals surface area contributed by atoms with Crippen LogP contribution < -0.4 is 11.1 Å². The van der Waals surface area contributed by atoms with Gasteiger partial charge in [-0.3, -0.25) is 9.79 Å². The SMILES string of the molecule is Cl.Cl.NC1=N[C@]2(c3cccc(NC(=O)c4ccc(Cl)cn4)c3)CCOCC2CS1. The van der Waals surface area contributed by atoms with Gasteiger partial charge in [0, 0.05) is 36.6 Å². The van der Waals surface area contributed by atoms with Crippen LogP contribution in [0.15, 0.2) is 47.6 Å². The molecule has 1 fully saturated rings. The zero-order valence-electron chi connectivity index (χ0n) is 15.3. The number of aromatic nitrogens is 1. The van der Waals surface area contributed by atoms with Crippen LogP contribution in [0.1, 0.15) is 22.5 Å². The Morgan fingerprint density at radius 3 is 2.90 bits per heavy atom. The molecule has 156 valence electrons. The molecule has 2 aromatic rings. The van der Waals surface area contributed by atoms with E-state index in [1.807, 2.05) is 24.3 Å². The lowest BCUT2D eigenvalue weighted by molar-refractivity contribution is 0.0101. The van der Waals surface area contributed by atoms with Crippen molar-refractivity contribution in [3.05, 3.63) is 58.9 Å². The normalized spacial score (nSPS) is 22.9. The van der Waals surface area contributed by atoms with E-state index < -0.39 is 5.54 Å². The fourth-order valence-electron chi connectivity index (χ4n) is 3.56. The van der Waals surface area contributed by atoms with Gasteiger partial charge in [0.1, 0.15) is 5.69 Å². The third-order valence-electron chi connectivity index (χ3n) is 4.94. The highest BCUT2D eigenvalue weighted by Gasteiger charge is 2.45. The molecule has 6 nitrogen and oxygen atoms in total. The van der Waals surface area contributed by atoms with Gasteiger partial charge < -0.3 is 15.8 Å². The zero-order valence-corrected chi connectivity index (χ0v) is 18.5. The highest BCUT2D eigenvalue weighted by molar-refractivity contribution is 8.13. The molecule has 2 aliphatic heterocycles. The average Bonchev–Trinajstić information content (AvgIpc) is 2.68. The first-order valence-electron chi connectivity index (χ1n) is 8.66. The van der Waals surface area contributed by atoms with Crippen LogP contribution in [0.2, 0.25) is 5.02 Å². The molecular weight excluding hydrogens is 455 g/mol. The molecule has 1 unspecified atom stereocenters. The largest absolute Gasteiger partial charge is 0.381 e. The Bertz CT molecular complexity index is 897. The molecule has 1 saturated heterocycles. The van der Waals surface area contributed by atoms with Crippen molar-refractivity contribution in [2.24, 2.45) is 16.6 Å². The third kappa shape index (κ3) is 4.98. The topological polar surface area (TPSA) is 89.6 Å². The number of hydrogen-bond acceptors (Lipinski definition) is 6. The summed E-state index contributed by atoms with van der Waals surface area (Å²) in [6.45, 7) is 1.30. The number of aliphatic imine (C=N–C) groups is 1. The fraction of sp³-hybridized carbons (Fsp3) is 0.316. The molecule has 0 saturated carbocycles. The van der Waals surface area contributed by atoms with Crippen molar-refractivity contribution >= 4 is 64.9 Å². The second kappa shape index (κ2) is 10.00. The molecule has 1 amide bonds. The second-order valence-corrected chi connectivity index (χ2v) is 8.08. The van der Waals surface area contributed by atoms with Gasteiger partial charge in [0.2, 0.25) is 0 Å². The maximum absolute atomic E-state index is 12.5. The summed E-state index contributed by atoms with van der Waals surface area (Å²) >= 11 is 7.40. The minimum absolute atomic E-state index is 0. The molecule has 0 radical (unpaired) electrons. The number of ether oxygens (including phenoxy) is 1. The number of anilines is 1. The number of benzene rings is 1. The molecule has 2 atom stereocenters. The van der Waals surface area contributed by atoms with Crippen molar-refractivity contribution in [3.63, 3.8) is 0 Å². The summed E-state index contributed by atoms with van der Waals surface area (Å²) in [7, 11) is 0. The molecule has 0 spiro atoms. The van der Waals surface area contributed by atoms with Crippen LogP contribution >= 0.6 is 48.2 Å². The molecule has 1 aromatic heterocycles. The Hall–Kier alpha value is -1.51. The smallest absolute Gasteiger partial charge is 0.274 e. The summed E-state index contributed by atoms with van der Waals surface area (Å²) in [5.74, 6) is 0.847. The lowest BCUT2D eigenvalue weighted by Crippen LogP contribution is -2.46. The van der Waals surface area contributed by atoms with Gasteiger partial charge in [-0.2, -0.15) is 0 Å². The van der Waals surface area contributed by atoms with Crippen molar-refractivity contribution in [2.75, 3.05) is 24.3 Å². The van der Waals surface area contributed by atoms with E-state index in [2.05, 4.69) is 10.3 Å². The van der Waals surface area contributed by atoms with Gasteiger partial charge in [-0.1, -0.05) is 35.5 Å². The molecule has 0 bridgehead atoms. The molecule has 29 heavy (non-hydrogen) atoms. The third-order valence-corrected chi connectivity index (χ3v) is 6.12. The van der Waals surface area contributed by atoms with E-state index >= 15 is 0 Å². The maximum Gasteiger partial charge on any atom is 0.274 e. The van der Waals surface area contributed by atoms with Gasteiger partial charge in [0.05, 0.1) is 17.2 Å². The Labute approximate surface area is 190 Å².